The normalized spacial score (nSPS) is 15.0. The van der Waals surface area contributed by atoms with Gasteiger partial charge in [-0.2, -0.15) is 4.98 Å². The fourth-order valence-electron chi connectivity index (χ4n) is 1.64. The second-order valence-corrected chi connectivity index (χ2v) is 6.04. The highest BCUT2D eigenvalue weighted by Gasteiger charge is 2.31. The third-order valence-corrected chi connectivity index (χ3v) is 2.54. The number of aromatic nitrogens is 2. The van der Waals surface area contributed by atoms with Gasteiger partial charge in [-0.1, -0.05) is 19.0 Å². The van der Waals surface area contributed by atoms with Crippen LogP contribution in [0.3, 0.4) is 0 Å². The highest BCUT2D eigenvalue weighted by Crippen LogP contribution is 2.21. The van der Waals surface area contributed by atoms with Gasteiger partial charge in [0.15, 0.2) is 11.9 Å². The molecular weight excluding hydrogens is 262 g/mol. The average Bonchev–Trinajstić information content (AvgIpc) is 2.69. The van der Waals surface area contributed by atoms with E-state index < -0.39 is 23.8 Å². The first kappa shape index (κ1) is 16.4. The van der Waals surface area contributed by atoms with Crippen LogP contribution < -0.4 is 5.32 Å². The van der Waals surface area contributed by atoms with Crippen LogP contribution in [-0.2, 0) is 4.74 Å². The molecule has 1 aromatic rings. The monoisotopic (exact) mass is 285 g/mol. The number of aliphatic hydroxyl groups is 1. The zero-order chi connectivity index (χ0) is 15.5. The predicted molar refractivity (Wildman–Crippen MR) is 72.0 cm³/mol. The molecule has 7 heteroatoms. The van der Waals surface area contributed by atoms with Crippen molar-refractivity contribution in [2.24, 2.45) is 5.92 Å². The lowest BCUT2D eigenvalue weighted by atomic mass is 9.98. The molecule has 1 amide bonds. The smallest absolute Gasteiger partial charge is 0.407 e. The first-order valence-electron chi connectivity index (χ1n) is 6.58. The van der Waals surface area contributed by atoms with Gasteiger partial charge < -0.3 is 19.7 Å². The third-order valence-electron chi connectivity index (χ3n) is 2.54. The van der Waals surface area contributed by atoms with Crippen LogP contribution in [0.25, 0.3) is 0 Å². The minimum Gasteiger partial charge on any atom is -0.444 e. The summed E-state index contributed by atoms with van der Waals surface area (Å²) in [5.41, 5.74) is -0.600. The number of hydrogen-bond acceptors (Lipinski definition) is 6. The van der Waals surface area contributed by atoms with Crippen molar-refractivity contribution < 1.29 is 19.2 Å². The van der Waals surface area contributed by atoms with E-state index in [1.54, 1.807) is 27.7 Å². The van der Waals surface area contributed by atoms with E-state index in [0.717, 1.165) is 0 Å². The number of aliphatic hydroxyl groups excluding tert-OH is 1. The second-order valence-electron chi connectivity index (χ2n) is 6.04. The van der Waals surface area contributed by atoms with Crippen molar-refractivity contribution in [2.75, 3.05) is 0 Å². The zero-order valence-electron chi connectivity index (χ0n) is 12.8. The van der Waals surface area contributed by atoms with Crippen LogP contribution >= 0.6 is 0 Å². The molecule has 0 bridgehead atoms. The molecule has 2 atom stereocenters. The maximum atomic E-state index is 11.8. The van der Waals surface area contributed by atoms with Crippen LogP contribution in [0, 0.1) is 12.8 Å². The molecule has 2 unspecified atom stereocenters. The van der Waals surface area contributed by atoms with Crippen molar-refractivity contribution in [2.45, 2.75) is 59.3 Å². The Morgan fingerprint density at radius 1 is 1.40 bits per heavy atom. The Balaban J connectivity index is 2.77. The Kier molecular flexibility index (Phi) is 5.10. The van der Waals surface area contributed by atoms with E-state index in [0.29, 0.717) is 5.82 Å². The molecule has 114 valence electrons. The Morgan fingerprint density at radius 2 is 2.00 bits per heavy atom. The number of carbonyl (C=O) groups excluding carboxylic acids is 1. The van der Waals surface area contributed by atoms with Gasteiger partial charge in [0.05, 0.1) is 6.04 Å². The van der Waals surface area contributed by atoms with E-state index in [4.69, 9.17) is 9.26 Å². The maximum absolute atomic E-state index is 11.8. The number of hydrogen-bond donors (Lipinski definition) is 2. The molecule has 0 fully saturated rings. The largest absolute Gasteiger partial charge is 0.444 e. The van der Waals surface area contributed by atoms with E-state index >= 15 is 0 Å². The van der Waals surface area contributed by atoms with Crippen LogP contribution in [0.1, 0.15) is 52.4 Å². The van der Waals surface area contributed by atoms with Crippen LogP contribution in [-0.4, -0.2) is 33.0 Å². The number of alkyl carbamates (subject to hydrolysis) is 1. The molecule has 0 spiro atoms. The van der Waals surface area contributed by atoms with Crippen molar-refractivity contribution in [1.82, 2.24) is 15.5 Å². The Morgan fingerprint density at radius 3 is 2.40 bits per heavy atom. The van der Waals surface area contributed by atoms with Crippen molar-refractivity contribution in [1.29, 1.82) is 0 Å². The highest BCUT2D eigenvalue weighted by atomic mass is 16.6. The minimum atomic E-state index is -1.08. The summed E-state index contributed by atoms with van der Waals surface area (Å²) in [7, 11) is 0. The van der Waals surface area contributed by atoms with Gasteiger partial charge in [0.1, 0.15) is 5.60 Å². The fraction of sp³-hybridized carbons (Fsp3) is 0.769. The molecule has 0 aliphatic heterocycles. The molecule has 0 aromatic carbocycles. The first-order valence-corrected chi connectivity index (χ1v) is 6.58. The van der Waals surface area contributed by atoms with Crippen LogP contribution in [0.15, 0.2) is 4.52 Å². The molecule has 20 heavy (non-hydrogen) atoms. The summed E-state index contributed by atoms with van der Waals surface area (Å²) < 4.78 is 10.1. The molecule has 1 heterocycles. The second kappa shape index (κ2) is 6.21. The van der Waals surface area contributed by atoms with Gasteiger partial charge in [0, 0.05) is 0 Å². The summed E-state index contributed by atoms with van der Waals surface area (Å²) in [6.45, 7) is 10.7. The van der Waals surface area contributed by atoms with Crippen molar-refractivity contribution in [3.05, 3.63) is 11.7 Å². The van der Waals surface area contributed by atoms with Gasteiger partial charge in [-0.05, 0) is 33.6 Å². The van der Waals surface area contributed by atoms with E-state index in [2.05, 4.69) is 15.5 Å². The molecule has 0 aliphatic carbocycles. The number of aryl methyl sites for hydroxylation is 1. The third kappa shape index (κ3) is 4.80. The van der Waals surface area contributed by atoms with Gasteiger partial charge in [-0.25, -0.2) is 4.79 Å². The van der Waals surface area contributed by atoms with Gasteiger partial charge in [0.25, 0.3) is 5.89 Å². The molecular formula is C13H23N3O4. The summed E-state index contributed by atoms with van der Waals surface area (Å²) in [6, 6.07) is -0.579. The zero-order valence-corrected chi connectivity index (χ0v) is 12.8. The first-order chi connectivity index (χ1) is 9.10. The molecule has 7 nitrogen and oxygen atoms in total. The van der Waals surface area contributed by atoms with Gasteiger partial charge in [-0.3, -0.25) is 0 Å². The number of rotatable bonds is 4. The standard InChI is InChI=1S/C13H23N3O4/c1-7(2)9(15-12(18)19-13(4,5)6)10(17)11-14-8(3)16-20-11/h7,9-10,17H,1-6H3,(H,15,18). The Hall–Kier alpha value is -1.63. The summed E-state index contributed by atoms with van der Waals surface area (Å²) >= 11 is 0. The van der Waals surface area contributed by atoms with Crippen LogP contribution in [0.5, 0.6) is 0 Å². The topological polar surface area (TPSA) is 97.5 Å². The highest BCUT2D eigenvalue weighted by molar-refractivity contribution is 5.68. The van der Waals surface area contributed by atoms with E-state index in [9.17, 15) is 9.90 Å². The lowest BCUT2D eigenvalue weighted by Crippen LogP contribution is -2.45. The van der Waals surface area contributed by atoms with Crippen molar-refractivity contribution >= 4 is 6.09 Å². The SMILES string of the molecule is Cc1noc(C(O)C(NC(=O)OC(C)(C)C)C(C)C)n1. The number of amides is 1. The summed E-state index contributed by atoms with van der Waals surface area (Å²) in [5, 5.41) is 16.5. The maximum Gasteiger partial charge on any atom is 0.407 e. The number of ether oxygens (including phenoxy) is 1. The Labute approximate surface area is 118 Å². The van der Waals surface area contributed by atoms with E-state index in [1.807, 2.05) is 13.8 Å². The van der Waals surface area contributed by atoms with Crippen LogP contribution in [0.4, 0.5) is 4.79 Å². The molecule has 0 radical (unpaired) electrons. The number of nitrogens with zero attached hydrogens (tertiary/aromatic N) is 2. The fourth-order valence-corrected chi connectivity index (χ4v) is 1.64. The van der Waals surface area contributed by atoms with E-state index in [1.165, 1.54) is 0 Å². The average molecular weight is 285 g/mol. The number of nitrogens with one attached hydrogen (secondary N) is 1. The Bertz CT molecular complexity index is 451. The van der Waals surface area contributed by atoms with E-state index in [-0.39, 0.29) is 11.8 Å². The van der Waals surface area contributed by atoms with Gasteiger partial charge >= 0.3 is 6.09 Å². The summed E-state index contributed by atoms with van der Waals surface area (Å²) in [4.78, 5) is 15.8. The summed E-state index contributed by atoms with van der Waals surface area (Å²) in [6.07, 6.45) is -1.67. The summed E-state index contributed by atoms with van der Waals surface area (Å²) in [5.74, 6) is 0.473. The van der Waals surface area contributed by atoms with Gasteiger partial charge in [-0.15, -0.1) is 0 Å². The molecule has 0 aliphatic rings. The van der Waals surface area contributed by atoms with Crippen molar-refractivity contribution in [3.8, 4) is 0 Å². The lowest BCUT2D eigenvalue weighted by molar-refractivity contribution is 0.0315. The molecule has 0 saturated carbocycles. The lowest BCUT2D eigenvalue weighted by Gasteiger charge is -2.27. The molecule has 1 rings (SSSR count). The molecule has 1 aromatic heterocycles. The van der Waals surface area contributed by atoms with Gasteiger partial charge in [0.2, 0.25) is 0 Å². The minimum absolute atomic E-state index is 0.0373. The molecule has 0 saturated heterocycles. The number of carbonyl (C=O) groups is 1. The quantitative estimate of drug-likeness (QED) is 0.877. The predicted octanol–water partition coefficient (Wildman–Crippen LogP) is 1.96. The van der Waals surface area contributed by atoms with Crippen molar-refractivity contribution in [3.63, 3.8) is 0 Å². The molecule has 2 N–H and O–H groups in total. The van der Waals surface area contributed by atoms with Crippen LogP contribution in [0.2, 0.25) is 0 Å².